The number of nitrogens with zero attached hydrogens (tertiary/aromatic N) is 1. The fourth-order valence-corrected chi connectivity index (χ4v) is 2.37. The normalized spacial score (nSPS) is 17.8. The fourth-order valence-electron chi connectivity index (χ4n) is 2.37. The molecule has 0 saturated carbocycles. The highest BCUT2D eigenvalue weighted by Crippen LogP contribution is 2.11. The van der Waals surface area contributed by atoms with E-state index in [2.05, 4.69) is 24.2 Å². The first-order valence-corrected chi connectivity index (χ1v) is 7.33. The largest absolute Gasteiger partial charge is 0.381 e. The second kappa shape index (κ2) is 9.86. The summed E-state index contributed by atoms with van der Waals surface area (Å²) in [4.78, 5) is 2.49. The van der Waals surface area contributed by atoms with Gasteiger partial charge in [-0.05, 0) is 32.9 Å². The Morgan fingerprint density at radius 1 is 1.12 bits per heavy atom. The van der Waals surface area contributed by atoms with Crippen LogP contribution in [0.1, 0.15) is 45.4 Å². The van der Waals surface area contributed by atoms with Crippen molar-refractivity contribution in [1.29, 1.82) is 0 Å². The molecule has 1 rings (SSSR count). The topological polar surface area (TPSA) is 24.5 Å². The molecule has 0 bridgehead atoms. The number of hydrogen-bond donors (Lipinski definition) is 1. The average molecular weight is 242 g/mol. The first kappa shape index (κ1) is 14.9. The van der Waals surface area contributed by atoms with E-state index in [1.54, 1.807) is 0 Å². The molecule has 0 aromatic rings. The lowest BCUT2D eigenvalue weighted by atomic mass is 10.1. The molecule has 0 aliphatic carbocycles. The van der Waals surface area contributed by atoms with E-state index in [0.717, 1.165) is 25.8 Å². The van der Waals surface area contributed by atoms with Crippen molar-refractivity contribution in [3.05, 3.63) is 0 Å². The van der Waals surface area contributed by atoms with Gasteiger partial charge in [-0.15, -0.1) is 0 Å². The molecule has 0 unspecified atom stereocenters. The Labute approximate surface area is 107 Å². The highest BCUT2D eigenvalue weighted by atomic mass is 16.5. The van der Waals surface area contributed by atoms with E-state index in [4.69, 9.17) is 4.74 Å². The van der Waals surface area contributed by atoms with Crippen LogP contribution in [0.15, 0.2) is 0 Å². The molecule has 102 valence electrons. The van der Waals surface area contributed by atoms with Crippen molar-refractivity contribution in [1.82, 2.24) is 10.2 Å². The fraction of sp³-hybridized carbons (Fsp3) is 1.00. The van der Waals surface area contributed by atoms with E-state index in [0.29, 0.717) is 0 Å². The Balaban J connectivity index is 1.90. The summed E-state index contributed by atoms with van der Waals surface area (Å²) in [7, 11) is 2.24. The Hall–Kier alpha value is -0.120. The Morgan fingerprint density at radius 3 is 2.59 bits per heavy atom. The SMILES string of the molecule is CCCCCCNCCN(C)C1CCOCC1. The second-order valence-corrected chi connectivity index (χ2v) is 5.13. The third-order valence-corrected chi connectivity index (χ3v) is 3.66. The average Bonchev–Trinajstić information content (AvgIpc) is 2.38. The quantitative estimate of drug-likeness (QED) is 0.628. The number of hydrogen-bond acceptors (Lipinski definition) is 3. The summed E-state index contributed by atoms with van der Waals surface area (Å²) in [6, 6.07) is 0.741. The highest BCUT2D eigenvalue weighted by molar-refractivity contribution is 4.72. The summed E-state index contributed by atoms with van der Waals surface area (Å²) in [6.07, 6.45) is 7.81. The summed E-state index contributed by atoms with van der Waals surface area (Å²) in [5, 5.41) is 3.54. The molecule has 0 atom stereocenters. The van der Waals surface area contributed by atoms with Gasteiger partial charge in [-0.2, -0.15) is 0 Å². The van der Waals surface area contributed by atoms with Crippen molar-refractivity contribution in [2.24, 2.45) is 0 Å². The molecular weight excluding hydrogens is 212 g/mol. The lowest BCUT2D eigenvalue weighted by Gasteiger charge is -2.31. The van der Waals surface area contributed by atoms with Crippen LogP contribution in [0.5, 0.6) is 0 Å². The molecule has 1 saturated heterocycles. The molecule has 1 fully saturated rings. The zero-order chi connectivity index (χ0) is 12.3. The maximum atomic E-state index is 5.39. The van der Waals surface area contributed by atoms with Crippen LogP contribution in [-0.2, 0) is 4.74 Å². The summed E-state index contributed by atoms with van der Waals surface area (Å²) < 4.78 is 5.39. The van der Waals surface area contributed by atoms with Crippen molar-refractivity contribution in [2.75, 3.05) is 39.9 Å². The van der Waals surface area contributed by atoms with Crippen LogP contribution in [0, 0.1) is 0 Å². The van der Waals surface area contributed by atoms with Gasteiger partial charge in [0.2, 0.25) is 0 Å². The van der Waals surface area contributed by atoms with E-state index in [1.807, 2.05) is 0 Å². The van der Waals surface area contributed by atoms with Crippen molar-refractivity contribution in [2.45, 2.75) is 51.5 Å². The molecule has 17 heavy (non-hydrogen) atoms. The van der Waals surface area contributed by atoms with Gasteiger partial charge < -0.3 is 15.0 Å². The molecule has 1 N–H and O–H groups in total. The third kappa shape index (κ3) is 7.02. The van der Waals surface area contributed by atoms with Crippen LogP contribution in [0.25, 0.3) is 0 Å². The summed E-state index contributed by atoms with van der Waals surface area (Å²) in [5.74, 6) is 0. The molecule has 0 amide bonds. The number of unbranched alkanes of at least 4 members (excludes halogenated alkanes) is 3. The van der Waals surface area contributed by atoms with Gasteiger partial charge in [-0.25, -0.2) is 0 Å². The van der Waals surface area contributed by atoms with Crippen molar-refractivity contribution in [3.8, 4) is 0 Å². The third-order valence-electron chi connectivity index (χ3n) is 3.66. The highest BCUT2D eigenvalue weighted by Gasteiger charge is 2.17. The van der Waals surface area contributed by atoms with Crippen LogP contribution in [0.3, 0.4) is 0 Å². The first-order chi connectivity index (χ1) is 8.34. The van der Waals surface area contributed by atoms with Crippen LogP contribution >= 0.6 is 0 Å². The Bertz CT molecular complexity index is 170. The molecule has 3 heteroatoms. The Kier molecular flexibility index (Phi) is 8.67. The van der Waals surface area contributed by atoms with E-state index in [9.17, 15) is 0 Å². The maximum absolute atomic E-state index is 5.39. The van der Waals surface area contributed by atoms with E-state index in [-0.39, 0.29) is 0 Å². The van der Waals surface area contributed by atoms with E-state index >= 15 is 0 Å². The summed E-state index contributed by atoms with van der Waals surface area (Å²) in [6.45, 7) is 7.62. The van der Waals surface area contributed by atoms with Crippen LogP contribution in [-0.4, -0.2) is 50.8 Å². The zero-order valence-electron chi connectivity index (χ0n) is 11.7. The lowest BCUT2D eigenvalue weighted by Crippen LogP contribution is -2.40. The van der Waals surface area contributed by atoms with Crippen LogP contribution in [0.4, 0.5) is 0 Å². The van der Waals surface area contributed by atoms with Gasteiger partial charge in [0.15, 0.2) is 0 Å². The molecule has 0 aromatic carbocycles. The number of ether oxygens (including phenoxy) is 1. The summed E-state index contributed by atoms with van der Waals surface area (Å²) >= 11 is 0. The second-order valence-electron chi connectivity index (χ2n) is 5.13. The van der Waals surface area contributed by atoms with Crippen molar-refractivity contribution < 1.29 is 4.74 Å². The minimum atomic E-state index is 0.741. The maximum Gasteiger partial charge on any atom is 0.0480 e. The summed E-state index contributed by atoms with van der Waals surface area (Å²) in [5.41, 5.74) is 0. The molecule has 0 spiro atoms. The number of rotatable bonds is 9. The standard InChI is InChI=1S/C14H30N2O/c1-3-4-5-6-9-15-10-11-16(2)14-7-12-17-13-8-14/h14-15H,3-13H2,1-2H3. The van der Waals surface area contributed by atoms with Gasteiger partial charge in [-0.1, -0.05) is 26.2 Å². The molecule has 1 aliphatic rings. The zero-order valence-corrected chi connectivity index (χ0v) is 11.7. The van der Waals surface area contributed by atoms with Gasteiger partial charge >= 0.3 is 0 Å². The molecule has 3 nitrogen and oxygen atoms in total. The Morgan fingerprint density at radius 2 is 1.88 bits per heavy atom. The van der Waals surface area contributed by atoms with Crippen LogP contribution in [0.2, 0.25) is 0 Å². The number of likely N-dealkylation sites (N-methyl/N-ethyl adjacent to an activating group) is 1. The molecule has 0 aromatic heterocycles. The molecular formula is C14H30N2O. The van der Waals surface area contributed by atoms with E-state index < -0.39 is 0 Å². The minimum absolute atomic E-state index is 0.741. The molecule has 0 radical (unpaired) electrons. The minimum Gasteiger partial charge on any atom is -0.381 e. The number of nitrogens with one attached hydrogen (secondary N) is 1. The van der Waals surface area contributed by atoms with Gasteiger partial charge in [0.25, 0.3) is 0 Å². The van der Waals surface area contributed by atoms with Crippen molar-refractivity contribution in [3.63, 3.8) is 0 Å². The lowest BCUT2D eigenvalue weighted by molar-refractivity contribution is 0.0434. The van der Waals surface area contributed by atoms with Gasteiger partial charge in [-0.3, -0.25) is 0 Å². The first-order valence-electron chi connectivity index (χ1n) is 7.33. The predicted molar refractivity (Wildman–Crippen MR) is 73.5 cm³/mol. The van der Waals surface area contributed by atoms with Gasteiger partial charge in [0.05, 0.1) is 0 Å². The van der Waals surface area contributed by atoms with E-state index in [1.165, 1.54) is 51.6 Å². The van der Waals surface area contributed by atoms with Gasteiger partial charge in [0, 0.05) is 32.3 Å². The molecule has 1 aliphatic heterocycles. The predicted octanol–water partition coefficient (Wildman–Crippen LogP) is 2.27. The van der Waals surface area contributed by atoms with Crippen molar-refractivity contribution >= 4 is 0 Å². The smallest absolute Gasteiger partial charge is 0.0480 e. The van der Waals surface area contributed by atoms with Gasteiger partial charge in [0.1, 0.15) is 0 Å². The van der Waals surface area contributed by atoms with Crippen LogP contribution < -0.4 is 5.32 Å². The monoisotopic (exact) mass is 242 g/mol. The molecule has 1 heterocycles.